The molecule has 23 N–H and O–H groups in total. The molecule has 4 saturated heterocycles. The number of fused-ring (bicyclic) bond motifs is 4. The van der Waals surface area contributed by atoms with Crippen molar-refractivity contribution in [2.75, 3.05) is 49.4 Å². The Bertz CT molecular complexity index is 4430. The predicted octanol–water partition coefficient (Wildman–Crippen LogP) is -5.04. The second kappa shape index (κ2) is 26.9. The first-order chi connectivity index (χ1) is 43.7. The summed E-state index contributed by atoms with van der Waals surface area (Å²) in [4.78, 5) is 58.7. The van der Waals surface area contributed by atoms with Crippen LogP contribution in [0.1, 0.15) is 24.9 Å². The topological polar surface area (TPSA) is 575 Å². The fourth-order valence-corrected chi connectivity index (χ4v) is 11.2. The molecule has 4 unspecified atom stereocenters. The molecule has 92 heavy (non-hydrogen) atoms. The van der Waals surface area contributed by atoms with Crippen LogP contribution in [0.2, 0.25) is 0 Å². The van der Waals surface area contributed by atoms with Gasteiger partial charge in [0.1, 0.15) is 70.9 Å². The lowest BCUT2D eigenvalue weighted by Crippen LogP contribution is -2.45. The first kappa shape index (κ1) is 68.4. The number of H-pyrrole nitrogens is 3. The van der Waals surface area contributed by atoms with Crippen molar-refractivity contribution in [2.24, 2.45) is 0 Å². The standard InChI is InChI=1S/C13H12ClFN4O5.C13H13ClN4O5.C12H12ClN5O4S.C12H12ClN5O4/c14-2-1-13(23)8(21)6(4-20)24-11(13)19-3-5(15)7-9(19)17-12(16)18-10(7)22;14-3-2-13(22)8(20)7(5-19)23-11(13)18-4-1-6-9(18)16-12(15)17-10(6)21;13-2-1-12(21)7(20)5(3-19)22-10(12)18-4-15-6-8(18)16-11(14)17-9(6)23;13-2-1-12(21)8(20)7(4-19)22-10(12)18-5-16-6-3-15-11(14)17-9(6)18/h3,6,8,11,20-21,23H,4H2,(H3,16,17,18,22);1,4,7-8,11,19-20,22H,5H2,(H3,15,16,17,21);4-5,7,10,19-21H,3H2,(H3,14,16,17,23);3,5,7-8,10,19-21H,4H2,(H2,14,15,17)/t6-,8+,11-,13?;7-,8+,11-,13?;5-,7+,10-,12?;7-,8+,10-,12?/m1111/s1. The van der Waals surface area contributed by atoms with E-state index in [-0.39, 0.29) is 50.8 Å². The highest BCUT2D eigenvalue weighted by atomic mass is 35.5. The molecule has 4 fully saturated rings. The number of nitrogens with two attached hydrogens (primary N) is 4. The van der Waals surface area contributed by atoms with Gasteiger partial charge in [0.05, 0.1) is 50.7 Å². The van der Waals surface area contributed by atoms with Crippen LogP contribution in [-0.4, -0.2) is 227 Å². The predicted molar refractivity (Wildman–Crippen MR) is 319 cm³/mol. The quantitative estimate of drug-likeness (QED) is 0.0500. The zero-order valence-electron chi connectivity index (χ0n) is 46.1. The second-order valence-corrected chi connectivity index (χ2v) is 21.2. The van der Waals surface area contributed by atoms with E-state index < -0.39 is 145 Å². The third kappa shape index (κ3) is 12.0. The van der Waals surface area contributed by atoms with Crippen molar-refractivity contribution in [2.45, 2.75) is 96.1 Å². The third-order valence-corrected chi connectivity index (χ3v) is 15.4. The van der Waals surface area contributed by atoms with Crippen LogP contribution in [0.25, 0.3) is 44.4 Å². The number of imidazole rings is 2. The van der Waals surface area contributed by atoms with Gasteiger partial charge in [0, 0.05) is 33.9 Å². The van der Waals surface area contributed by atoms with E-state index in [9.17, 15) is 75.3 Å². The van der Waals surface area contributed by atoms with Crippen LogP contribution < -0.4 is 34.1 Å². The van der Waals surface area contributed by atoms with Crippen LogP contribution in [0.15, 0.2) is 46.9 Å². The van der Waals surface area contributed by atoms with Crippen molar-refractivity contribution >= 4 is 127 Å². The summed E-state index contributed by atoms with van der Waals surface area (Å²) in [5, 5.41) is 128. The van der Waals surface area contributed by atoms with E-state index in [1.54, 1.807) is 0 Å². The smallest absolute Gasteiger partial charge is 0.264 e. The monoisotopic (exact) mass is 1380 g/mol. The molecule has 36 nitrogen and oxygen atoms in total. The van der Waals surface area contributed by atoms with Gasteiger partial charge in [0.15, 0.2) is 58.3 Å². The van der Waals surface area contributed by atoms with Gasteiger partial charge < -0.3 is 113 Å². The fourth-order valence-electron chi connectivity index (χ4n) is 10.3. The van der Waals surface area contributed by atoms with Crippen molar-refractivity contribution < 1.29 is 84.6 Å². The molecule has 488 valence electrons. The Labute approximate surface area is 536 Å². The first-order valence-electron chi connectivity index (χ1n) is 26.0. The Morgan fingerprint density at radius 3 is 1.47 bits per heavy atom. The van der Waals surface area contributed by atoms with E-state index in [0.717, 1.165) is 10.8 Å². The Morgan fingerprint density at radius 1 is 0.565 bits per heavy atom. The van der Waals surface area contributed by atoms with Gasteiger partial charge in [-0.25, -0.2) is 24.3 Å². The molecule has 8 aromatic heterocycles. The largest absolute Gasteiger partial charge is 0.394 e. The average molecular weight is 1380 g/mol. The number of nitrogen functional groups attached to an aromatic ring is 4. The maximum Gasteiger partial charge on any atom is 0.264 e. The van der Waals surface area contributed by atoms with E-state index in [1.807, 2.05) is 21.5 Å². The lowest BCUT2D eigenvalue weighted by Gasteiger charge is -2.26. The number of rotatable bonds is 8. The molecule has 0 saturated carbocycles. The van der Waals surface area contributed by atoms with Gasteiger partial charge in [-0.2, -0.15) is 15.0 Å². The number of aromatic nitrogens is 14. The van der Waals surface area contributed by atoms with Gasteiger partial charge in [-0.15, -0.1) is 0 Å². The maximum absolute atomic E-state index is 14.1. The summed E-state index contributed by atoms with van der Waals surface area (Å²) < 4.78 is 41.2. The highest BCUT2D eigenvalue weighted by Gasteiger charge is 2.59. The van der Waals surface area contributed by atoms with Crippen LogP contribution in [-0.2, 0) is 18.9 Å². The van der Waals surface area contributed by atoms with Crippen LogP contribution in [0.3, 0.4) is 0 Å². The maximum atomic E-state index is 14.1. The summed E-state index contributed by atoms with van der Waals surface area (Å²) in [5.74, 6) is 7.82. The van der Waals surface area contributed by atoms with Crippen LogP contribution in [0.4, 0.5) is 28.2 Å². The van der Waals surface area contributed by atoms with Crippen molar-refractivity contribution in [3.05, 3.63) is 68.5 Å². The highest BCUT2D eigenvalue weighted by molar-refractivity contribution is 7.71. The Balaban J connectivity index is 0.000000145. The lowest BCUT2D eigenvalue weighted by atomic mass is 9.95. The molecule has 4 aliphatic rings. The first-order valence-corrected chi connectivity index (χ1v) is 27.9. The third-order valence-electron chi connectivity index (χ3n) is 14.7. The number of aliphatic hydroxyl groups is 12. The normalized spacial score (nSPS) is 30.4. The average Bonchev–Trinajstić information content (AvgIpc) is 1.62. The molecule has 16 atom stereocenters. The van der Waals surface area contributed by atoms with E-state index in [0.29, 0.717) is 16.7 Å². The van der Waals surface area contributed by atoms with Crippen molar-refractivity contribution in [1.29, 1.82) is 0 Å². The number of nitrogens with one attached hydrogen (secondary N) is 3. The zero-order valence-corrected chi connectivity index (χ0v) is 49.9. The fraction of sp³-hybridized carbons (Fsp3) is 0.400. The molecule has 0 amide bonds. The number of anilines is 4. The SMILES string of the molecule is Nc1nc(=S)c2ncn([C@@H]3O[C@H](CO)[C@H](O)C3(O)C#CCl)c2[nH]1.Nc1nc2c(c(F)cn2[C@@H]2O[C@H](CO)[C@H](O)C2(O)C#CCl)c(=O)[nH]1.Nc1nc2c(ccn2[C@@H]2O[C@H](CO)[C@H](O)C2(O)C#CCl)c(=O)[nH]1.Nc1ncc2ncn([C@@H]3O[C@H](CO)[C@H](O)C3(O)C#CCl)c2n1. The van der Waals surface area contributed by atoms with Gasteiger partial charge in [0.25, 0.3) is 11.1 Å². The molecule has 12 heterocycles. The van der Waals surface area contributed by atoms with Crippen LogP contribution in [0, 0.1) is 55.7 Å². The molecular weight excluding hydrogens is 1330 g/mol. The van der Waals surface area contributed by atoms with Gasteiger partial charge in [0.2, 0.25) is 40.2 Å². The number of halogens is 5. The zero-order chi connectivity index (χ0) is 67.1. The number of nitrogens with zero attached hydrogens (tertiary/aromatic N) is 11. The number of aliphatic hydroxyl groups excluding tert-OH is 8. The minimum Gasteiger partial charge on any atom is -0.394 e. The molecule has 0 spiro atoms. The summed E-state index contributed by atoms with van der Waals surface area (Å²) in [6.07, 6.45) is -9.22. The Morgan fingerprint density at radius 2 is 0.989 bits per heavy atom. The van der Waals surface area contributed by atoms with E-state index in [2.05, 4.69) is 73.5 Å². The Hall–Kier alpha value is -7.95. The molecule has 42 heteroatoms. The van der Waals surface area contributed by atoms with Gasteiger partial charge in [-0.05, 0) is 76.2 Å². The van der Waals surface area contributed by atoms with Crippen LogP contribution in [0.5, 0.6) is 0 Å². The van der Waals surface area contributed by atoms with Crippen molar-refractivity contribution in [3.8, 4) is 45.2 Å². The van der Waals surface area contributed by atoms with Crippen molar-refractivity contribution in [1.82, 2.24) is 68.1 Å². The van der Waals surface area contributed by atoms with E-state index >= 15 is 0 Å². The highest BCUT2D eigenvalue weighted by Crippen LogP contribution is 2.44. The molecule has 12 rings (SSSR count). The summed E-state index contributed by atoms with van der Waals surface area (Å²) in [5.41, 5.74) is 13.7. The van der Waals surface area contributed by atoms with Gasteiger partial charge in [-0.3, -0.25) is 33.3 Å². The molecule has 0 radical (unpaired) electrons. The van der Waals surface area contributed by atoms with Gasteiger partial charge in [-0.1, -0.05) is 12.2 Å². The lowest BCUT2D eigenvalue weighted by molar-refractivity contribution is -0.0721. The second-order valence-electron chi connectivity index (χ2n) is 20.1. The molecule has 0 aromatic carbocycles. The number of hydrogen-bond acceptors (Lipinski definition) is 30. The van der Waals surface area contributed by atoms with Crippen molar-refractivity contribution in [3.63, 3.8) is 0 Å². The molecule has 0 aliphatic carbocycles. The molecule has 0 bridgehead atoms. The molecular formula is C50H49Cl4FN18O18S. The number of aromatic amines is 3. The number of ether oxygens (including phenoxy) is 4. The summed E-state index contributed by atoms with van der Waals surface area (Å²) in [6.45, 7) is -2.20. The molecule has 4 aliphatic heterocycles. The minimum atomic E-state index is -2.27. The van der Waals surface area contributed by atoms with E-state index in [4.69, 9.17) is 101 Å². The molecule has 8 aromatic rings. The minimum absolute atomic E-state index is 0.0125. The summed E-state index contributed by atoms with van der Waals surface area (Å²) in [6, 6.07) is 1.46. The number of hydrogen-bond donors (Lipinski definition) is 19. The van der Waals surface area contributed by atoms with Crippen LogP contribution >= 0.6 is 58.6 Å². The van der Waals surface area contributed by atoms with E-state index in [1.165, 1.54) is 44.8 Å². The van der Waals surface area contributed by atoms with Gasteiger partial charge >= 0.3 is 0 Å². The summed E-state index contributed by atoms with van der Waals surface area (Å²) >= 11 is 26.6. The summed E-state index contributed by atoms with van der Waals surface area (Å²) in [7, 11) is 0. The Kier molecular flexibility index (Phi) is 20.0.